The van der Waals surface area contributed by atoms with E-state index in [0.717, 1.165) is 6.42 Å². The van der Waals surface area contributed by atoms with Gasteiger partial charge >= 0.3 is 0 Å². The molecule has 1 aliphatic heterocycles. The van der Waals surface area contributed by atoms with Crippen LogP contribution in [0.25, 0.3) is 0 Å². The Balaban J connectivity index is 2.17. The molecular weight excluding hydrogens is 313 g/mol. The van der Waals surface area contributed by atoms with Gasteiger partial charge in [0, 0.05) is 24.7 Å². The van der Waals surface area contributed by atoms with Crippen LogP contribution in [-0.2, 0) is 4.79 Å². The van der Waals surface area contributed by atoms with Gasteiger partial charge in [-0.3, -0.25) is 9.59 Å². The smallest absolute Gasteiger partial charge is 0.256 e. The summed E-state index contributed by atoms with van der Waals surface area (Å²) in [5.41, 5.74) is 5.69. The summed E-state index contributed by atoms with van der Waals surface area (Å²) in [6.07, 6.45) is 1.42. The number of nitrogens with one attached hydrogen (secondary N) is 1. The van der Waals surface area contributed by atoms with Crippen molar-refractivity contribution in [2.45, 2.75) is 18.9 Å². The first-order chi connectivity index (χ1) is 10.0. The first-order valence-corrected chi connectivity index (χ1v) is 7.54. The number of likely N-dealkylation sites (tertiary alicyclic amines) is 1. The molecule has 1 aromatic carbocycles. The van der Waals surface area contributed by atoms with Crippen LogP contribution in [0.1, 0.15) is 23.2 Å². The van der Waals surface area contributed by atoms with Gasteiger partial charge in [-0.05, 0) is 31.0 Å². The largest absolute Gasteiger partial charge is 0.353 e. The van der Waals surface area contributed by atoms with Crippen molar-refractivity contribution < 1.29 is 9.59 Å². The molecule has 5 nitrogen and oxygen atoms in total. The topological polar surface area (TPSA) is 75.4 Å². The Morgan fingerprint density at radius 2 is 2.14 bits per heavy atom. The van der Waals surface area contributed by atoms with E-state index in [1.54, 1.807) is 17.0 Å². The molecule has 1 saturated heterocycles. The summed E-state index contributed by atoms with van der Waals surface area (Å²) in [5, 5.41) is 3.49. The maximum atomic E-state index is 12.6. The Morgan fingerprint density at radius 3 is 2.86 bits per heavy atom. The molecule has 0 spiro atoms. The first kappa shape index (κ1) is 16.1. The lowest BCUT2D eigenvalue weighted by Crippen LogP contribution is -2.47. The van der Waals surface area contributed by atoms with Crippen LogP contribution in [-0.4, -0.2) is 42.4 Å². The lowest BCUT2D eigenvalue weighted by atomic mass is 10.1. The summed E-state index contributed by atoms with van der Waals surface area (Å²) < 4.78 is 0. The standard InChI is InChI=1S/C14H17Cl2N3O2/c15-9-3-4-11(16)10(8-9)14(21)19-7-1-2-12(19)13(20)18-6-5-17/h3-4,8,12H,1-2,5-7,17H2,(H,18,20). The monoisotopic (exact) mass is 329 g/mol. The van der Waals surface area contributed by atoms with E-state index in [4.69, 9.17) is 28.9 Å². The van der Waals surface area contributed by atoms with Crippen molar-refractivity contribution in [3.05, 3.63) is 33.8 Å². The van der Waals surface area contributed by atoms with E-state index in [-0.39, 0.29) is 11.8 Å². The second-order valence-electron chi connectivity index (χ2n) is 4.86. The van der Waals surface area contributed by atoms with Gasteiger partial charge in [-0.15, -0.1) is 0 Å². The zero-order valence-corrected chi connectivity index (χ0v) is 13.0. The molecule has 114 valence electrons. The number of hydrogen-bond donors (Lipinski definition) is 2. The minimum absolute atomic E-state index is 0.176. The van der Waals surface area contributed by atoms with Crippen molar-refractivity contribution in [3.63, 3.8) is 0 Å². The van der Waals surface area contributed by atoms with Gasteiger partial charge in [0.15, 0.2) is 0 Å². The molecule has 1 fully saturated rings. The summed E-state index contributed by atoms with van der Waals surface area (Å²) in [6.45, 7) is 1.30. The third kappa shape index (κ3) is 3.67. The van der Waals surface area contributed by atoms with Gasteiger partial charge in [-0.25, -0.2) is 0 Å². The lowest BCUT2D eigenvalue weighted by molar-refractivity contribution is -0.124. The molecule has 0 aliphatic carbocycles. The number of hydrogen-bond acceptors (Lipinski definition) is 3. The predicted octanol–water partition coefficient (Wildman–Crippen LogP) is 1.67. The van der Waals surface area contributed by atoms with Crippen molar-refractivity contribution in [1.82, 2.24) is 10.2 Å². The molecule has 1 heterocycles. The van der Waals surface area contributed by atoms with Gasteiger partial charge < -0.3 is 16.0 Å². The van der Waals surface area contributed by atoms with E-state index >= 15 is 0 Å². The second kappa shape index (κ2) is 7.11. The number of rotatable bonds is 4. The fourth-order valence-electron chi connectivity index (χ4n) is 2.41. The Hall–Kier alpha value is -1.30. The second-order valence-corrected chi connectivity index (χ2v) is 5.70. The van der Waals surface area contributed by atoms with Crippen LogP contribution >= 0.6 is 23.2 Å². The molecule has 1 unspecified atom stereocenters. The van der Waals surface area contributed by atoms with E-state index in [2.05, 4.69) is 5.32 Å². The van der Waals surface area contributed by atoms with Gasteiger partial charge in [0.05, 0.1) is 10.6 Å². The van der Waals surface area contributed by atoms with Crippen LogP contribution in [0.2, 0.25) is 10.0 Å². The Bertz CT molecular complexity index is 551. The molecule has 1 atom stereocenters. The number of benzene rings is 1. The average molecular weight is 330 g/mol. The van der Waals surface area contributed by atoms with Gasteiger partial charge in [0.1, 0.15) is 6.04 Å². The zero-order chi connectivity index (χ0) is 15.4. The van der Waals surface area contributed by atoms with E-state index in [0.29, 0.717) is 41.7 Å². The zero-order valence-electron chi connectivity index (χ0n) is 11.4. The van der Waals surface area contributed by atoms with Crippen LogP contribution in [0, 0.1) is 0 Å². The van der Waals surface area contributed by atoms with Crippen LogP contribution < -0.4 is 11.1 Å². The molecule has 0 aromatic heterocycles. The highest BCUT2D eigenvalue weighted by Crippen LogP contribution is 2.26. The van der Waals surface area contributed by atoms with Crippen LogP contribution in [0.15, 0.2) is 18.2 Å². The van der Waals surface area contributed by atoms with E-state index in [1.807, 2.05) is 0 Å². The van der Waals surface area contributed by atoms with E-state index < -0.39 is 6.04 Å². The SMILES string of the molecule is NCCNC(=O)C1CCCN1C(=O)c1cc(Cl)ccc1Cl. The summed E-state index contributed by atoms with van der Waals surface area (Å²) in [5.74, 6) is -0.447. The fraction of sp³-hybridized carbons (Fsp3) is 0.429. The summed E-state index contributed by atoms with van der Waals surface area (Å²) in [6, 6.07) is 4.26. The summed E-state index contributed by atoms with van der Waals surface area (Å²) in [4.78, 5) is 26.2. The molecule has 1 aromatic rings. The quantitative estimate of drug-likeness (QED) is 0.882. The molecule has 0 bridgehead atoms. The Morgan fingerprint density at radius 1 is 1.38 bits per heavy atom. The number of carbonyl (C=O) groups is 2. The minimum atomic E-state index is -0.473. The molecule has 3 N–H and O–H groups in total. The molecule has 0 radical (unpaired) electrons. The summed E-state index contributed by atoms with van der Waals surface area (Å²) in [7, 11) is 0. The molecule has 2 amide bonds. The maximum absolute atomic E-state index is 12.6. The van der Waals surface area contributed by atoms with Gasteiger partial charge in [0.2, 0.25) is 5.91 Å². The molecule has 21 heavy (non-hydrogen) atoms. The van der Waals surface area contributed by atoms with Crippen LogP contribution in [0.4, 0.5) is 0 Å². The highest BCUT2D eigenvalue weighted by molar-refractivity contribution is 6.35. The average Bonchev–Trinajstić information content (AvgIpc) is 2.96. The number of nitrogens with two attached hydrogens (primary N) is 1. The minimum Gasteiger partial charge on any atom is -0.353 e. The molecule has 0 saturated carbocycles. The Labute approximate surface area is 133 Å². The Kier molecular flexibility index (Phi) is 5.45. The highest BCUT2D eigenvalue weighted by atomic mass is 35.5. The van der Waals surface area contributed by atoms with Gasteiger partial charge in [0.25, 0.3) is 5.91 Å². The van der Waals surface area contributed by atoms with Crippen molar-refractivity contribution >= 4 is 35.0 Å². The number of carbonyl (C=O) groups excluding carboxylic acids is 2. The number of halogens is 2. The van der Waals surface area contributed by atoms with Crippen molar-refractivity contribution in [2.75, 3.05) is 19.6 Å². The lowest BCUT2D eigenvalue weighted by Gasteiger charge is -2.24. The molecule has 1 aliphatic rings. The first-order valence-electron chi connectivity index (χ1n) is 6.78. The number of nitrogens with zero attached hydrogens (tertiary/aromatic N) is 1. The van der Waals surface area contributed by atoms with Crippen molar-refractivity contribution in [1.29, 1.82) is 0 Å². The highest BCUT2D eigenvalue weighted by Gasteiger charge is 2.34. The molecular formula is C14H17Cl2N3O2. The van der Waals surface area contributed by atoms with Crippen LogP contribution in [0.3, 0.4) is 0 Å². The molecule has 7 heteroatoms. The normalized spacial score (nSPS) is 17.9. The van der Waals surface area contributed by atoms with E-state index in [9.17, 15) is 9.59 Å². The fourth-order valence-corrected chi connectivity index (χ4v) is 2.78. The predicted molar refractivity (Wildman–Crippen MR) is 82.6 cm³/mol. The summed E-state index contributed by atoms with van der Waals surface area (Å²) >= 11 is 12.0. The third-order valence-electron chi connectivity index (χ3n) is 3.42. The van der Waals surface area contributed by atoms with Gasteiger partial charge in [-0.2, -0.15) is 0 Å². The van der Waals surface area contributed by atoms with Gasteiger partial charge in [-0.1, -0.05) is 23.2 Å². The van der Waals surface area contributed by atoms with E-state index in [1.165, 1.54) is 6.07 Å². The van der Waals surface area contributed by atoms with Crippen molar-refractivity contribution in [3.8, 4) is 0 Å². The molecule has 2 rings (SSSR count). The van der Waals surface area contributed by atoms with Crippen molar-refractivity contribution in [2.24, 2.45) is 5.73 Å². The number of amides is 2. The van der Waals surface area contributed by atoms with Crippen LogP contribution in [0.5, 0.6) is 0 Å². The maximum Gasteiger partial charge on any atom is 0.256 e. The third-order valence-corrected chi connectivity index (χ3v) is 3.98.